The number of halogens is 1. The molecule has 3 rings (SSSR count). The Labute approximate surface area is 101 Å². The molecule has 16 heavy (non-hydrogen) atoms. The van der Waals surface area contributed by atoms with Crippen molar-refractivity contribution in [1.29, 1.82) is 0 Å². The Hall–Kier alpha value is -1.06. The van der Waals surface area contributed by atoms with Crippen molar-refractivity contribution < 1.29 is 0 Å². The minimum atomic E-state index is 0. The number of rotatable bonds is 2. The van der Waals surface area contributed by atoms with E-state index in [4.69, 9.17) is 5.73 Å². The summed E-state index contributed by atoms with van der Waals surface area (Å²) >= 11 is 0. The summed E-state index contributed by atoms with van der Waals surface area (Å²) < 4.78 is 2.12. The highest BCUT2D eigenvalue weighted by molar-refractivity contribution is 5.85. The lowest BCUT2D eigenvalue weighted by Crippen LogP contribution is -2.17. The summed E-state index contributed by atoms with van der Waals surface area (Å²) in [6.45, 7) is 0. The second kappa shape index (κ2) is 4.07. The van der Waals surface area contributed by atoms with E-state index in [0.29, 0.717) is 5.92 Å². The Bertz CT molecular complexity index is 502. The number of hydrogen-bond acceptors (Lipinski definition) is 2. The zero-order valence-corrected chi connectivity index (χ0v) is 10.1. The van der Waals surface area contributed by atoms with Crippen LogP contribution in [0.2, 0.25) is 0 Å². The third-order valence-corrected chi connectivity index (χ3v) is 3.25. The molecule has 0 amide bonds. The Morgan fingerprint density at radius 1 is 1.38 bits per heavy atom. The Kier molecular flexibility index (Phi) is 2.91. The standard InChI is InChI=1S/C12H15N3.ClH/c1-15-10-5-3-2-4-9(10)14-12(15)11(13)8-6-7-8;/h2-5,8,11H,6-7,13H2,1H3;1H. The van der Waals surface area contributed by atoms with Gasteiger partial charge in [0.1, 0.15) is 5.82 Å². The predicted molar refractivity (Wildman–Crippen MR) is 67.6 cm³/mol. The number of nitrogens with zero attached hydrogens (tertiary/aromatic N) is 2. The van der Waals surface area contributed by atoms with Gasteiger partial charge in [0.15, 0.2) is 0 Å². The molecule has 0 saturated heterocycles. The molecule has 1 aliphatic rings. The summed E-state index contributed by atoms with van der Waals surface area (Å²) in [4.78, 5) is 4.61. The van der Waals surface area contributed by atoms with Crippen LogP contribution < -0.4 is 5.73 Å². The van der Waals surface area contributed by atoms with Crippen LogP contribution in [-0.4, -0.2) is 9.55 Å². The molecule has 1 saturated carbocycles. The number of imidazole rings is 1. The van der Waals surface area contributed by atoms with Gasteiger partial charge in [-0.15, -0.1) is 12.4 Å². The molecule has 2 N–H and O–H groups in total. The van der Waals surface area contributed by atoms with Crippen molar-refractivity contribution in [3.63, 3.8) is 0 Å². The molecule has 0 bridgehead atoms. The first kappa shape index (κ1) is 11.4. The summed E-state index contributed by atoms with van der Waals surface area (Å²) in [6, 6.07) is 8.30. The normalized spacial score (nSPS) is 17.1. The third-order valence-electron chi connectivity index (χ3n) is 3.25. The Balaban J connectivity index is 0.000000963. The average molecular weight is 238 g/mol. The van der Waals surface area contributed by atoms with Gasteiger partial charge in [-0.3, -0.25) is 0 Å². The van der Waals surface area contributed by atoms with Crippen LogP contribution in [0.15, 0.2) is 24.3 Å². The number of para-hydroxylation sites is 2. The number of nitrogens with two attached hydrogens (primary N) is 1. The average Bonchev–Trinajstić information content (AvgIpc) is 3.04. The fourth-order valence-electron chi connectivity index (χ4n) is 2.13. The molecule has 0 spiro atoms. The molecule has 86 valence electrons. The van der Waals surface area contributed by atoms with Crippen molar-refractivity contribution in [3.05, 3.63) is 30.1 Å². The first-order valence-electron chi connectivity index (χ1n) is 5.44. The molecular formula is C12H16ClN3. The molecule has 1 aromatic carbocycles. The molecule has 1 fully saturated rings. The fraction of sp³-hybridized carbons (Fsp3) is 0.417. The minimum absolute atomic E-state index is 0. The van der Waals surface area contributed by atoms with E-state index in [0.717, 1.165) is 11.3 Å². The Morgan fingerprint density at radius 2 is 2.06 bits per heavy atom. The highest BCUT2D eigenvalue weighted by Crippen LogP contribution is 2.39. The first-order chi connectivity index (χ1) is 7.27. The zero-order valence-electron chi connectivity index (χ0n) is 9.26. The van der Waals surface area contributed by atoms with Crippen molar-refractivity contribution in [2.75, 3.05) is 0 Å². The van der Waals surface area contributed by atoms with Crippen LogP contribution >= 0.6 is 12.4 Å². The second-order valence-electron chi connectivity index (χ2n) is 4.38. The summed E-state index contributed by atoms with van der Waals surface area (Å²) in [5, 5.41) is 0. The van der Waals surface area contributed by atoms with E-state index in [1.807, 2.05) is 25.2 Å². The highest BCUT2D eigenvalue weighted by atomic mass is 35.5. The van der Waals surface area contributed by atoms with Crippen LogP contribution in [0.3, 0.4) is 0 Å². The monoisotopic (exact) mass is 237 g/mol. The number of benzene rings is 1. The van der Waals surface area contributed by atoms with Gasteiger partial charge in [0.2, 0.25) is 0 Å². The maximum atomic E-state index is 6.18. The van der Waals surface area contributed by atoms with Gasteiger partial charge in [-0.1, -0.05) is 12.1 Å². The SMILES string of the molecule is Cl.Cn1c(C(N)C2CC2)nc2ccccc21. The maximum absolute atomic E-state index is 6.18. The Morgan fingerprint density at radius 3 is 2.69 bits per heavy atom. The van der Waals surface area contributed by atoms with E-state index in [-0.39, 0.29) is 18.4 Å². The molecule has 3 nitrogen and oxygen atoms in total. The fourth-order valence-corrected chi connectivity index (χ4v) is 2.13. The first-order valence-corrected chi connectivity index (χ1v) is 5.44. The summed E-state index contributed by atoms with van der Waals surface area (Å²) in [5.41, 5.74) is 8.40. The van der Waals surface area contributed by atoms with E-state index in [1.165, 1.54) is 18.4 Å². The van der Waals surface area contributed by atoms with Gasteiger partial charge in [-0.05, 0) is 30.9 Å². The number of aryl methyl sites for hydroxylation is 1. The van der Waals surface area contributed by atoms with Gasteiger partial charge in [0.05, 0.1) is 17.1 Å². The van der Waals surface area contributed by atoms with Crippen molar-refractivity contribution in [3.8, 4) is 0 Å². The lowest BCUT2D eigenvalue weighted by atomic mass is 10.2. The summed E-state index contributed by atoms with van der Waals surface area (Å²) in [7, 11) is 2.05. The maximum Gasteiger partial charge on any atom is 0.126 e. The van der Waals surface area contributed by atoms with Crippen molar-refractivity contribution in [2.45, 2.75) is 18.9 Å². The molecule has 0 aliphatic heterocycles. The number of fused-ring (bicyclic) bond motifs is 1. The topological polar surface area (TPSA) is 43.8 Å². The largest absolute Gasteiger partial charge is 0.330 e. The molecule has 1 unspecified atom stereocenters. The van der Waals surface area contributed by atoms with Gasteiger partial charge >= 0.3 is 0 Å². The lowest BCUT2D eigenvalue weighted by molar-refractivity contribution is 0.574. The van der Waals surface area contributed by atoms with Crippen LogP contribution in [0, 0.1) is 5.92 Å². The second-order valence-corrected chi connectivity index (χ2v) is 4.38. The number of aromatic nitrogens is 2. The van der Waals surface area contributed by atoms with E-state index in [9.17, 15) is 0 Å². The van der Waals surface area contributed by atoms with Gasteiger partial charge in [0, 0.05) is 7.05 Å². The van der Waals surface area contributed by atoms with Crippen molar-refractivity contribution >= 4 is 23.4 Å². The van der Waals surface area contributed by atoms with Crippen molar-refractivity contribution in [2.24, 2.45) is 18.7 Å². The number of hydrogen-bond donors (Lipinski definition) is 1. The molecule has 1 aliphatic carbocycles. The van der Waals surface area contributed by atoms with E-state index < -0.39 is 0 Å². The molecule has 0 radical (unpaired) electrons. The van der Waals surface area contributed by atoms with Gasteiger partial charge in [-0.25, -0.2) is 4.98 Å². The van der Waals surface area contributed by atoms with E-state index >= 15 is 0 Å². The molecule has 1 atom stereocenters. The highest BCUT2D eigenvalue weighted by Gasteiger charge is 2.32. The molecule has 2 aromatic rings. The molecule has 1 aromatic heterocycles. The van der Waals surface area contributed by atoms with Crippen LogP contribution in [0.25, 0.3) is 11.0 Å². The van der Waals surface area contributed by atoms with Crippen LogP contribution in [-0.2, 0) is 7.05 Å². The summed E-state index contributed by atoms with van der Waals surface area (Å²) in [6.07, 6.45) is 2.51. The molecule has 4 heteroatoms. The van der Waals surface area contributed by atoms with Crippen LogP contribution in [0.4, 0.5) is 0 Å². The van der Waals surface area contributed by atoms with Gasteiger partial charge in [0.25, 0.3) is 0 Å². The zero-order chi connectivity index (χ0) is 10.4. The quantitative estimate of drug-likeness (QED) is 0.872. The summed E-state index contributed by atoms with van der Waals surface area (Å²) in [5.74, 6) is 1.68. The smallest absolute Gasteiger partial charge is 0.126 e. The lowest BCUT2D eigenvalue weighted by Gasteiger charge is -2.09. The van der Waals surface area contributed by atoms with Gasteiger partial charge in [-0.2, -0.15) is 0 Å². The predicted octanol–water partition coefficient (Wildman–Crippen LogP) is 2.40. The molecular weight excluding hydrogens is 222 g/mol. The third kappa shape index (κ3) is 1.70. The van der Waals surface area contributed by atoms with Gasteiger partial charge < -0.3 is 10.3 Å². The van der Waals surface area contributed by atoms with Crippen LogP contribution in [0.1, 0.15) is 24.7 Å². The van der Waals surface area contributed by atoms with E-state index in [1.54, 1.807) is 0 Å². The van der Waals surface area contributed by atoms with E-state index in [2.05, 4.69) is 15.6 Å². The minimum Gasteiger partial charge on any atom is -0.330 e. The van der Waals surface area contributed by atoms with Crippen molar-refractivity contribution in [1.82, 2.24) is 9.55 Å². The van der Waals surface area contributed by atoms with Crippen LogP contribution in [0.5, 0.6) is 0 Å². The molecule has 1 heterocycles.